The molecule has 0 saturated heterocycles. The Labute approximate surface area is 92.1 Å². The van der Waals surface area contributed by atoms with Gasteiger partial charge in [-0.2, -0.15) is 0 Å². The number of rotatable bonds is 3. The fourth-order valence-electron chi connectivity index (χ4n) is 1.57. The van der Waals surface area contributed by atoms with Gasteiger partial charge in [0.05, 0.1) is 18.6 Å². The number of nitro groups is 1. The lowest BCUT2D eigenvalue weighted by atomic mass is 10.1. The molecule has 1 N–H and O–H groups in total. The number of amidine groups is 1. The molecule has 1 aromatic rings. The monoisotopic (exact) mass is 221 g/mol. The first-order chi connectivity index (χ1) is 7.72. The second-order valence-electron chi connectivity index (χ2n) is 3.30. The van der Waals surface area contributed by atoms with E-state index in [0.29, 0.717) is 17.9 Å². The van der Waals surface area contributed by atoms with E-state index in [1.807, 2.05) is 0 Å². The van der Waals surface area contributed by atoms with Crippen molar-refractivity contribution in [2.45, 2.75) is 0 Å². The van der Waals surface area contributed by atoms with Gasteiger partial charge in [0.25, 0.3) is 0 Å². The Morgan fingerprint density at radius 1 is 1.56 bits per heavy atom. The number of benzene rings is 1. The summed E-state index contributed by atoms with van der Waals surface area (Å²) in [5, 5.41) is 13.9. The predicted octanol–water partition coefficient (Wildman–Crippen LogP) is 0.953. The summed E-state index contributed by atoms with van der Waals surface area (Å²) in [5.74, 6) is 0.957. The van der Waals surface area contributed by atoms with Gasteiger partial charge in [-0.05, 0) is 12.1 Å². The molecule has 0 saturated carbocycles. The van der Waals surface area contributed by atoms with E-state index < -0.39 is 4.92 Å². The van der Waals surface area contributed by atoms with Crippen LogP contribution in [0.25, 0.3) is 0 Å². The molecule has 0 unspecified atom stereocenters. The predicted molar refractivity (Wildman–Crippen MR) is 59.1 cm³/mol. The third-order valence-corrected chi connectivity index (χ3v) is 2.32. The molecule has 1 heterocycles. The summed E-state index contributed by atoms with van der Waals surface area (Å²) in [6.45, 7) is 1.48. The number of aliphatic imine (C=N–C) groups is 1. The Kier molecular flexibility index (Phi) is 2.72. The average Bonchev–Trinajstić information content (AvgIpc) is 2.81. The van der Waals surface area contributed by atoms with Gasteiger partial charge in [0.2, 0.25) is 0 Å². The maximum atomic E-state index is 10.8. The van der Waals surface area contributed by atoms with Crippen LogP contribution >= 0.6 is 0 Å². The fraction of sp³-hybridized carbons (Fsp3) is 0.300. The highest BCUT2D eigenvalue weighted by atomic mass is 16.6. The van der Waals surface area contributed by atoms with Gasteiger partial charge in [-0.3, -0.25) is 15.1 Å². The van der Waals surface area contributed by atoms with Crippen molar-refractivity contribution in [1.82, 2.24) is 5.32 Å². The molecular formula is C10H11N3O3. The minimum absolute atomic E-state index is 0.0450. The molecule has 0 aromatic heterocycles. The Balaban J connectivity index is 2.42. The molecule has 1 aliphatic rings. The number of nitrogens with zero attached hydrogens (tertiary/aromatic N) is 2. The summed E-state index contributed by atoms with van der Waals surface area (Å²) in [5.41, 5.74) is 0.668. The van der Waals surface area contributed by atoms with E-state index in [2.05, 4.69) is 10.3 Å². The van der Waals surface area contributed by atoms with E-state index in [4.69, 9.17) is 4.74 Å². The van der Waals surface area contributed by atoms with Crippen molar-refractivity contribution >= 4 is 11.5 Å². The molecule has 2 rings (SSSR count). The Morgan fingerprint density at radius 3 is 2.94 bits per heavy atom. The van der Waals surface area contributed by atoms with Crippen molar-refractivity contribution in [2.75, 3.05) is 20.2 Å². The molecule has 0 aliphatic carbocycles. The van der Waals surface area contributed by atoms with Crippen LogP contribution in [0.2, 0.25) is 0 Å². The number of ether oxygens (including phenoxy) is 1. The summed E-state index contributed by atoms with van der Waals surface area (Å²) in [6.07, 6.45) is 0. The van der Waals surface area contributed by atoms with Crippen LogP contribution in [-0.4, -0.2) is 31.0 Å². The molecule has 0 atom stereocenters. The Bertz CT molecular complexity index is 457. The lowest BCUT2D eigenvalue weighted by Gasteiger charge is -2.05. The molecule has 0 amide bonds. The number of hydrogen-bond acceptors (Lipinski definition) is 5. The summed E-state index contributed by atoms with van der Waals surface area (Å²) < 4.78 is 4.92. The third-order valence-electron chi connectivity index (χ3n) is 2.32. The van der Waals surface area contributed by atoms with Gasteiger partial charge in [-0.15, -0.1) is 0 Å². The van der Waals surface area contributed by atoms with Crippen molar-refractivity contribution in [3.8, 4) is 5.75 Å². The second kappa shape index (κ2) is 4.18. The third kappa shape index (κ3) is 1.81. The highest BCUT2D eigenvalue weighted by molar-refractivity contribution is 6.00. The molecule has 84 valence electrons. The van der Waals surface area contributed by atoms with Gasteiger partial charge in [-0.25, -0.2) is 0 Å². The van der Waals surface area contributed by atoms with Gasteiger partial charge < -0.3 is 10.1 Å². The van der Waals surface area contributed by atoms with E-state index in [9.17, 15) is 10.1 Å². The van der Waals surface area contributed by atoms with Crippen LogP contribution in [0.3, 0.4) is 0 Å². The minimum Gasteiger partial charge on any atom is -0.490 e. The molecule has 16 heavy (non-hydrogen) atoms. The van der Waals surface area contributed by atoms with Crippen LogP contribution < -0.4 is 10.1 Å². The van der Waals surface area contributed by atoms with Crippen LogP contribution in [-0.2, 0) is 0 Å². The highest BCUT2D eigenvalue weighted by Crippen LogP contribution is 2.27. The average molecular weight is 221 g/mol. The van der Waals surface area contributed by atoms with Crippen molar-refractivity contribution in [3.05, 3.63) is 33.9 Å². The second-order valence-corrected chi connectivity index (χ2v) is 3.30. The summed E-state index contributed by atoms with van der Waals surface area (Å²) >= 11 is 0. The van der Waals surface area contributed by atoms with E-state index in [-0.39, 0.29) is 11.4 Å². The summed E-state index contributed by atoms with van der Waals surface area (Å²) in [6, 6.07) is 4.80. The van der Waals surface area contributed by atoms with Crippen molar-refractivity contribution < 1.29 is 9.66 Å². The molecule has 6 nitrogen and oxygen atoms in total. The zero-order chi connectivity index (χ0) is 11.5. The van der Waals surface area contributed by atoms with Crippen molar-refractivity contribution in [2.24, 2.45) is 4.99 Å². The SMILES string of the molecule is COc1ccc(C2=NCCN2)cc1[N+](=O)[O-]. The topological polar surface area (TPSA) is 76.8 Å². The largest absolute Gasteiger partial charge is 0.490 e. The first kappa shape index (κ1) is 10.4. The van der Waals surface area contributed by atoms with E-state index in [1.54, 1.807) is 12.1 Å². The van der Waals surface area contributed by atoms with Crippen LogP contribution in [0.15, 0.2) is 23.2 Å². The quantitative estimate of drug-likeness (QED) is 0.609. The minimum atomic E-state index is -0.460. The van der Waals surface area contributed by atoms with Crippen molar-refractivity contribution in [3.63, 3.8) is 0 Å². The van der Waals surface area contributed by atoms with Crippen LogP contribution in [0, 0.1) is 10.1 Å². The number of nitro benzene ring substituents is 1. The van der Waals surface area contributed by atoms with E-state index >= 15 is 0 Å². The summed E-state index contributed by atoms with van der Waals surface area (Å²) in [7, 11) is 1.41. The Hall–Kier alpha value is -2.11. The zero-order valence-electron chi connectivity index (χ0n) is 8.77. The van der Waals surface area contributed by atoms with Crippen LogP contribution in [0.4, 0.5) is 5.69 Å². The number of methoxy groups -OCH3 is 1. The lowest BCUT2D eigenvalue weighted by molar-refractivity contribution is -0.385. The molecule has 0 bridgehead atoms. The molecular weight excluding hydrogens is 210 g/mol. The van der Waals surface area contributed by atoms with Gasteiger partial charge in [0.1, 0.15) is 5.84 Å². The van der Waals surface area contributed by atoms with Gasteiger partial charge in [-0.1, -0.05) is 0 Å². The Morgan fingerprint density at radius 2 is 2.38 bits per heavy atom. The summed E-state index contributed by atoms with van der Waals surface area (Å²) in [4.78, 5) is 14.6. The highest BCUT2D eigenvalue weighted by Gasteiger charge is 2.18. The molecule has 1 aromatic carbocycles. The first-order valence-electron chi connectivity index (χ1n) is 4.83. The smallest absolute Gasteiger partial charge is 0.311 e. The van der Waals surface area contributed by atoms with Gasteiger partial charge in [0, 0.05) is 18.2 Å². The fourth-order valence-corrected chi connectivity index (χ4v) is 1.57. The van der Waals surface area contributed by atoms with Gasteiger partial charge >= 0.3 is 5.69 Å². The molecule has 0 radical (unpaired) electrons. The van der Waals surface area contributed by atoms with Crippen LogP contribution in [0.5, 0.6) is 5.75 Å². The molecule has 1 aliphatic heterocycles. The zero-order valence-corrected chi connectivity index (χ0v) is 8.77. The molecule has 0 spiro atoms. The van der Waals surface area contributed by atoms with Gasteiger partial charge in [0.15, 0.2) is 5.75 Å². The van der Waals surface area contributed by atoms with E-state index in [0.717, 1.165) is 6.54 Å². The number of hydrogen-bond donors (Lipinski definition) is 1. The maximum absolute atomic E-state index is 10.8. The number of nitrogens with one attached hydrogen (secondary N) is 1. The first-order valence-corrected chi connectivity index (χ1v) is 4.83. The maximum Gasteiger partial charge on any atom is 0.311 e. The van der Waals surface area contributed by atoms with Crippen molar-refractivity contribution in [1.29, 1.82) is 0 Å². The normalized spacial score (nSPS) is 14.2. The standard InChI is InChI=1S/C10H11N3O3/c1-16-9-3-2-7(6-8(9)13(14)15)10-11-4-5-12-10/h2-3,6H,4-5H2,1H3,(H,11,12). The van der Waals surface area contributed by atoms with Crippen LogP contribution in [0.1, 0.15) is 5.56 Å². The molecule has 6 heteroatoms. The molecule has 0 fully saturated rings. The lowest BCUT2D eigenvalue weighted by Crippen LogP contribution is -2.19. The van der Waals surface area contributed by atoms with E-state index in [1.165, 1.54) is 13.2 Å².